The van der Waals surface area contributed by atoms with Crippen molar-refractivity contribution in [1.29, 1.82) is 0 Å². The van der Waals surface area contributed by atoms with Gasteiger partial charge in [-0.3, -0.25) is 5.32 Å². The van der Waals surface area contributed by atoms with Gasteiger partial charge in [0.1, 0.15) is 9.84 Å². The lowest BCUT2D eigenvalue weighted by atomic mass is 9.80. The van der Waals surface area contributed by atoms with Crippen LogP contribution in [0.25, 0.3) is 0 Å². The third-order valence-corrected chi connectivity index (χ3v) is 7.81. The van der Waals surface area contributed by atoms with Crippen LogP contribution in [-0.2, 0) is 9.84 Å². The average molecular weight is 344 g/mol. The van der Waals surface area contributed by atoms with Crippen LogP contribution >= 0.6 is 0 Å². The molecule has 3 atom stereocenters. The monoisotopic (exact) mass is 343 g/mol. The van der Waals surface area contributed by atoms with E-state index in [9.17, 15) is 8.42 Å². The third-order valence-electron chi connectivity index (χ3n) is 6.13. The van der Waals surface area contributed by atoms with E-state index in [4.69, 9.17) is 0 Å². The Hall–Kier alpha value is -0.170. The Bertz CT molecular complexity index is 468. The first-order valence-corrected chi connectivity index (χ1v) is 11.4. The third kappa shape index (κ3) is 4.91. The van der Waals surface area contributed by atoms with Gasteiger partial charge in [0.15, 0.2) is 0 Å². The van der Waals surface area contributed by atoms with Crippen LogP contribution in [-0.4, -0.2) is 51.8 Å². The minimum atomic E-state index is -2.85. The molecule has 3 N–H and O–H groups in total. The second kappa shape index (κ2) is 7.81. The van der Waals surface area contributed by atoms with Crippen molar-refractivity contribution in [2.24, 2.45) is 11.8 Å². The highest BCUT2D eigenvalue weighted by Gasteiger charge is 2.34. The molecule has 0 spiro atoms. The molecule has 2 aliphatic heterocycles. The lowest BCUT2D eigenvalue weighted by molar-refractivity contribution is 0.187. The molecule has 0 bridgehead atoms. The van der Waals surface area contributed by atoms with Crippen molar-refractivity contribution in [1.82, 2.24) is 16.0 Å². The largest absolute Gasteiger partial charge is 0.316 e. The van der Waals surface area contributed by atoms with Crippen LogP contribution in [0.4, 0.5) is 0 Å². The van der Waals surface area contributed by atoms with Crippen LogP contribution in [0.15, 0.2) is 0 Å². The number of hydrogen-bond acceptors (Lipinski definition) is 5. The zero-order chi connectivity index (χ0) is 16.3. The molecule has 0 aromatic carbocycles. The summed E-state index contributed by atoms with van der Waals surface area (Å²) in [5, 5.41) is 10.9. The molecule has 0 radical (unpaired) electrons. The molecule has 3 rings (SSSR count). The molecule has 134 valence electrons. The SMILES string of the molecule is CS(=O)(=O)C1CCC(C2CCCC(NCC3CCNC3)N2)CC1. The highest BCUT2D eigenvalue weighted by atomic mass is 32.2. The Morgan fingerprint density at radius 3 is 2.48 bits per heavy atom. The lowest BCUT2D eigenvalue weighted by Crippen LogP contribution is -2.54. The van der Waals surface area contributed by atoms with Gasteiger partial charge in [-0.15, -0.1) is 0 Å². The van der Waals surface area contributed by atoms with E-state index in [0.29, 0.717) is 18.1 Å². The summed E-state index contributed by atoms with van der Waals surface area (Å²) in [7, 11) is -2.85. The van der Waals surface area contributed by atoms with E-state index in [1.165, 1.54) is 31.9 Å². The number of sulfone groups is 1. The summed E-state index contributed by atoms with van der Waals surface area (Å²) in [5.74, 6) is 1.44. The molecule has 2 saturated heterocycles. The molecule has 3 aliphatic rings. The summed E-state index contributed by atoms with van der Waals surface area (Å²) < 4.78 is 23.4. The topological polar surface area (TPSA) is 70.2 Å². The smallest absolute Gasteiger partial charge is 0.150 e. The predicted octanol–water partition coefficient (Wildman–Crippen LogP) is 1.26. The van der Waals surface area contributed by atoms with E-state index in [1.54, 1.807) is 0 Å². The number of rotatable bonds is 5. The van der Waals surface area contributed by atoms with Gasteiger partial charge in [0.05, 0.1) is 11.4 Å². The van der Waals surface area contributed by atoms with Gasteiger partial charge in [0.25, 0.3) is 0 Å². The van der Waals surface area contributed by atoms with Crippen molar-refractivity contribution in [3.05, 3.63) is 0 Å². The predicted molar refractivity (Wildman–Crippen MR) is 94.1 cm³/mol. The Balaban J connectivity index is 1.43. The summed E-state index contributed by atoms with van der Waals surface area (Å²) in [6.45, 7) is 3.42. The van der Waals surface area contributed by atoms with Crippen LogP contribution in [0.2, 0.25) is 0 Å². The maximum atomic E-state index is 11.7. The highest BCUT2D eigenvalue weighted by molar-refractivity contribution is 7.91. The summed E-state index contributed by atoms with van der Waals surface area (Å²) >= 11 is 0. The minimum Gasteiger partial charge on any atom is -0.316 e. The van der Waals surface area contributed by atoms with Crippen molar-refractivity contribution >= 4 is 9.84 Å². The zero-order valence-electron chi connectivity index (χ0n) is 14.4. The molecule has 1 saturated carbocycles. The summed E-state index contributed by atoms with van der Waals surface area (Å²) in [5.41, 5.74) is 0. The van der Waals surface area contributed by atoms with Crippen molar-refractivity contribution < 1.29 is 8.42 Å². The molecule has 2 heterocycles. The molecule has 5 nitrogen and oxygen atoms in total. The van der Waals surface area contributed by atoms with Gasteiger partial charge in [-0.2, -0.15) is 0 Å². The number of nitrogens with one attached hydrogen (secondary N) is 3. The first kappa shape index (κ1) is 17.6. The van der Waals surface area contributed by atoms with Crippen LogP contribution < -0.4 is 16.0 Å². The average Bonchev–Trinajstić information content (AvgIpc) is 3.06. The van der Waals surface area contributed by atoms with Crippen LogP contribution in [0.5, 0.6) is 0 Å². The molecular weight excluding hydrogens is 310 g/mol. The fraction of sp³-hybridized carbons (Fsp3) is 1.00. The zero-order valence-corrected chi connectivity index (χ0v) is 15.2. The first-order valence-electron chi connectivity index (χ1n) is 9.41. The maximum absolute atomic E-state index is 11.7. The highest BCUT2D eigenvalue weighted by Crippen LogP contribution is 2.33. The first-order chi connectivity index (χ1) is 11.0. The number of hydrogen-bond donors (Lipinski definition) is 3. The molecular formula is C17H33N3O2S. The van der Waals surface area contributed by atoms with E-state index in [1.807, 2.05) is 0 Å². The van der Waals surface area contributed by atoms with Crippen molar-refractivity contribution in [2.45, 2.75) is 68.8 Å². The molecule has 0 aromatic heterocycles. The van der Waals surface area contributed by atoms with Gasteiger partial charge in [0, 0.05) is 18.8 Å². The Morgan fingerprint density at radius 1 is 1.04 bits per heavy atom. The fourth-order valence-electron chi connectivity index (χ4n) is 4.62. The molecule has 3 unspecified atom stereocenters. The quantitative estimate of drug-likeness (QED) is 0.701. The molecule has 23 heavy (non-hydrogen) atoms. The fourth-order valence-corrected chi connectivity index (χ4v) is 5.74. The van der Waals surface area contributed by atoms with Crippen molar-refractivity contribution in [2.75, 3.05) is 25.9 Å². The molecule has 3 fully saturated rings. The minimum absolute atomic E-state index is 0.0915. The maximum Gasteiger partial charge on any atom is 0.150 e. The molecule has 0 aromatic rings. The van der Waals surface area contributed by atoms with Crippen LogP contribution in [0, 0.1) is 11.8 Å². The summed E-state index contributed by atoms with van der Waals surface area (Å²) in [6.07, 6.45) is 10.7. The van der Waals surface area contributed by atoms with Gasteiger partial charge in [-0.1, -0.05) is 0 Å². The Morgan fingerprint density at radius 2 is 1.83 bits per heavy atom. The van der Waals surface area contributed by atoms with Crippen LogP contribution in [0.3, 0.4) is 0 Å². The van der Waals surface area contributed by atoms with Crippen molar-refractivity contribution in [3.8, 4) is 0 Å². The molecule has 6 heteroatoms. The summed E-state index contributed by atoms with van der Waals surface area (Å²) in [6, 6.07) is 0.573. The van der Waals surface area contributed by atoms with Crippen molar-refractivity contribution in [3.63, 3.8) is 0 Å². The van der Waals surface area contributed by atoms with E-state index >= 15 is 0 Å². The van der Waals surface area contributed by atoms with Crippen LogP contribution in [0.1, 0.15) is 51.4 Å². The van der Waals surface area contributed by atoms with Gasteiger partial charge in [-0.25, -0.2) is 8.42 Å². The Labute approximate surface area is 141 Å². The molecule has 1 aliphatic carbocycles. The second-order valence-electron chi connectivity index (χ2n) is 7.89. The van der Waals surface area contributed by atoms with Gasteiger partial charge < -0.3 is 10.6 Å². The van der Waals surface area contributed by atoms with E-state index in [2.05, 4.69) is 16.0 Å². The van der Waals surface area contributed by atoms with E-state index < -0.39 is 9.84 Å². The lowest BCUT2D eigenvalue weighted by Gasteiger charge is -2.39. The summed E-state index contributed by atoms with van der Waals surface area (Å²) in [4.78, 5) is 0. The number of piperidine rings is 1. The molecule has 0 amide bonds. The standard InChI is InChI=1S/C17H33N3O2S/c1-23(21,22)15-7-5-14(6-8-15)16-3-2-4-17(20-16)19-12-13-9-10-18-11-13/h13-20H,2-12H2,1H3. The van der Waals surface area contributed by atoms with Gasteiger partial charge in [-0.05, 0) is 76.3 Å². The Kier molecular flexibility index (Phi) is 5.99. The van der Waals surface area contributed by atoms with E-state index in [-0.39, 0.29) is 5.25 Å². The second-order valence-corrected chi connectivity index (χ2v) is 10.2. The van der Waals surface area contributed by atoms with Gasteiger partial charge >= 0.3 is 0 Å². The normalized spacial score (nSPS) is 39.4. The van der Waals surface area contributed by atoms with E-state index in [0.717, 1.165) is 51.2 Å². The van der Waals surface area contributed by atoms with Gasteiger partial charge in [0.2, 0.25) is 0 Å².